The van der Waals surface area contributed by atoms with Gasteiger partial charge >= 0.3 is 5.97 Å². The van der Waals surface area contributed by atoms with E-state index in [1.165, 1.54) is 4.48 Å². The summed E-state index contributed by atoms with van der Waals surface area (Å²) in [5, 5.41) is 17.9. The number of aliphatic carboxylic acids is 2. The number of hydrogen-bond acceptors (Lipinski definition) is 3. The van der Waals surface area contributed by atoms with E-state index >= 15 is 0 Å². The zero-order chi connectivity index (χ0) is 18.8. The third kappa shape index (κ3) is 8.35. The highest BCUT2D eigenvalue weighted by Gasteiger charge is 2.40. The highest BCUT2D eigenvalue weighted by molar-refractivity contribution is 5.67. The van der Waals surface area contributed by atoms with Gasteiger partial charge in [0.15, 0.2) is 0 Å². The van der Waals surface area contributed by atoms with Crippen molar-refractivity contribution in [2.75, 3.05) is 0 Å². The molecule has 0 unspecified atom stereocenters. The van der Waals surface area contributed by atoms with Crippen molar-refractivity contribution in [1.82, 2.24) is 0 Å². The normalized spacial score (nSPS) is 11.8. The molecule has 0 spiro atoms. The fraction of sp³-hybridized carbons (Fsp3) is 0.889. The number of quaternary nitrogens is 1. The molecule has 5 nitrogen and oxygen atoms in total. The standard InChI is InChI=1S/C12H28N.C6H10O4/c1-9(2)13(10(3)4,11(5)6)12(7)8;7-5(8)3-1-2-4-6(9)10/h9-12H,1-8H3;1-4H2,(H,7,8)(H,9,10)/q+1;/p-1. The second kappa shape index (κ2) is 11.4. The van der Waals surface area contributed by atoms with Gasteiger partial charge in [-0.15, -0.1) is 0 Å². The van der Waals surface area contributed by atoms with Gasteiger partial charge in [-0.25, -0.2) is 0 Å². The van der Waals surface area contributed by atoms with Crippen molar-refractivity contribution in [3.05, 3.63) is 0 Å². The first kappa shape index (κ1) is 24.2. The minimum absolute atomic E-state index is 0.0350. The van der Waals surface area contributed by atoms with Crippen LogP contribution in [-0.2, 0) is 9.59 Å². The molecule has 0 fully saturated rings. The minimum Gasteiger partial charge on any atom is -0.550 e. The molecule has 23 heavy (non-hydrogen) atoms. The predicted octanol–water partition coefficient (Wildman–Crippen LogP) is 2.82. The highest BCUT2D eigenvalue weighted by atomic mass is 16.4. The molecule has 0 radical (unpaired) electrons. The first-order chi connectivity index (χ1) is 10.4. The molecule has 0 bridgehead atoms. The van der Waals surface area contributed by atoms with Crippen LogP contribution in [0.2, 0.25) is 0 Å². The second-order valence-corrected chi connectivity index (χ2v) is 7.24. The molecule has 0 aromatic carbocycles. The largest absolute Gasteiger partial charge is 0.550 e. The lowest BCUT2D eigenvalue weighted by atomic mass is 10.0. The summed E-state index contributed by atoms with van der Waals surface area (Å²) in [5.41, 5.74) is 0. The van der Waals surface area contributed by atoms with E-state index < -0.39 is 11.9 Å². The SMILES string of the molecule is CC(C)[N+](C(C)C)(C(C)C)C(C)C.O=C([O-])CCCCC(=O)O. The van der Waals surface area contributed by atoms with Crippen molar-refractivity contribution >= 4 is 11.9 Å². The van der Waals surface area contributed by atoms with E-state index in [0.717, 1.165) is 0 Å². The van der Waals surface area contributed by atoms with Crippen molar-refractivity contribution in [3.63, 3.8) is 0 Å². The van der Waals surface area contributed by atoms with E-state index in [4.69, 9.17) is 5.11 Å². The summed E-state index contributed by atoms with van der Waals surface area (Å²) >= 11 is 0. The summed E-state index contributed by atoms with van der Waals surface area (Å²) in [4.78, 5) is 19.7. The molecule has 0 aromatic rings. The third-order valence-corrected chi connectivity index (χ3v) is 4.60. The van der Waals surface area contributed by atoms with Gasteiger partial charge < -0.3 is 19.5 Å². The van der Waals surface area contributed by atoms with E-state index in [-0.39, 0.29) is 12.8 Å². The van der Waals surface area contributed by atoms with E-state index in [0.29, 0.717) is 37.0 Å². The Kier molecular flexibility index (Phi) is 12.0. The Hall–Kier alpha value is -1.10. The van der Waals surface area contributed by atoms with Gasteiger partial charge in [0, 0.05) is 12.4 Å². The zero-order valence-corrected chi connectivity index (χ0v) is 16.3. The van der Waals surface area contributed by atoms with Gasteiger partial charge in [-0.2, -0.15) is 0 Å². The van der Waals surface area contributed by atoms with Gasteiger partial charge in [0.2, 0.25) is 0 Å². The lowest BCUT2D eigenvalue weighted by Crippen LogP contribution is -2.65. The Bertz CT molecular complexity index is 295. The first-order valence-corrected chi connectivity index (χ1v) is 8.69. The molecule has 0 aliphatic heterocycles. The summed E-state index contributed by atoms with van der Waals surface area (Å²) in [7, 11) is 0. The van der Waals surface area contributed by atoms with Crippen molar-refractivity contribution in [1.29, 1.82) is 0 Å². The van der Waals surface area contributed by atoms with Gasteiger partial charge in [-0.05, 0) is 74.7 Å². The van der Waals surface area contributed by atoms with Gasteiger partial charge in [0.05, 0.1) is 24.2 Å². The van der Waals surface area contributed by atoms with Crippen molar-refractivity contribution < 1.29 is 24.3 Å². The quantitative estimate of drug-likeness (QED) is 0.520. The molecule has 0 rings (SSSR count). The van der Waals surface area contributed by atoms with Crippen LogP contribution in [0.4, 0.5) is 0 Å². The molecule has 1 N–H and O–H groups in total. The topological polar surface area (TPSA) is 77.4 Å². The average Bonchev–Trinajstić information content (AvgIpc) is 2.33. The summed E-state index contributed by atoms with van der Waals surface area (Å²) in [6, 6.07) is 2.83. The summed E-state index contributed by atoms with van der Waals surface area (Å²) in [6.45, 7) is 18.8. The van der Waals surface area contributed by atoms with Crippen LogP contribution in [-0.4, -0.2) is 45.7 Å². The average molecular weight is 331 g/mol. The number of carbonyl (C=O) groups is 2. The maximum atomic E-state index is 9.88. The van der Waals surface area contributed by atoms with Gasteiger partial charge in [0.25, 0.3) is 0 Å². The lowest BCUT2D eigenvalue weighted by molar-refractivity contribution is -1.00. The third-order valence-electron chi connectivity index (χ3n) is 4.60. The van der Waals surface area contributed by atoms with Crippen LogP contribution < -0.4 is 5.11 Å². The molecule has 0 amide bonds. The van der Waals surface area contributed by atoms with Gasteiger partial charge in [-0.3, -0.25) is 4.79 Å². The van der Waals surface area contributed by atoms with Gasteiger partial charge in [0.1, 0.15) is 0 Å². The van der Waals surface area contributed by atoms with Crippen LogP contribution in [0.25, 0.3) is 0 Å². The molecular formula is C18H37NO4. The Balaban J connectivity index is 0. The van der Waals surface area contributed by atoms with Crippen LogP contribution in [0.1, 0.15) is 81.1 Å². The number of hydrogen-bond donors (Lipinski definition) is 1. The van der Waals surface area contributed by atoms with Crippen LogP contribution in [0.15, 0.2) is 0 Å². The number of rotatable bonds is 9. The number of carbonyl (C=O) groups excluding carboxylic acids is 1. The fourth-order valence-electron chi connectivity index (χ4n) is 4.12. The first-order valence-electron chi connectivity index (χ1n) is 8.69. The number of carboxylic acids is 2. The smallest absolute Gasteiger partial charge is 0.303 e. The number of nitrogens with zero attached hydrogens (tertiary/aromatic N) is 1. The molecule has 0 heterocycles. The van der Waals surface area contributed by atoms with Crippen LogP contribution in [0.3, 0.4) is 0 Å². The van der Waals surface area contributed by atoms with Crippen LogP contribution in [0.5, 0.6) is 0 Å². The molecule has 0 saturated heterocycles. The Labute approximate surface area is 142 Å². The molecule has 5 heteroatoms. The Morgan fingerprint density at radius 2 is 1.09 bits per heavy atom. The predicted molar refractivity (Wildman–Crippen MR) is 91.9 cm³/mol. The monoisotopic (exact) mass is 331 g/mol. The molecule has 138 valence electrons. The molecule has 0 saturated carbocycles. The van der Waals surface area contributed by atoms with Crippen LogP contribution >= 0.6 is 0 Å². The number of carboxylic acid groups (broad SMARTS) is 2. The summed E-state index contributed by atoms with van der Waals surface area (Å²) in [6.07, 6.45) is 0.776. The lowest BCUT2D eigenvalue weighted by Gasteiger charge is -2.52. The Morgan fingerprint density at radius 3 is 1.26 bits per heavy atom. The second-order valence-electron chi connectivity index (χ2n) is 7.24. The molecule has 0 aliphatic carbocycles. The van der Waals surface area contributed by atoms with Gasteiger partial charge in [-0.1, -0.05) is 0 Å². The van der Waals surface area contributed by atoms with E-state index in [1.807, 2.05) is 0 Å². The Morgan fingerprint density at radius 1 is 0.783 bits per heavy atom. The van der Waals surface area contributed by atoms with Crippen molar-refractivity contribution in [3.8, 4) is 0 Å². The molecule has 0 aromatic heterocycles. The summed E-state index contributed by atoms with van der Waals surface area (Å²) < 4.78 is 1.22. The maximum absolute atomic E-state index is 9.88. The molecule has 0 aliphatic rings. The van der Waals surface area contributed by atoms with E-state index in [9.17, 15) is 14.7 Å². The van der Waals surface area contributed by atoms with E-state index in [1.54, 1.807) is 0 Å². The minimum atomic E-state index is -1.12. The van der Waals surface area contributed by atoms with E-state index in [2.05, 4.69) is 55.4 Å². The van der Waals surface area contributed by atoms with Crippen molar-refractivity contribution in [2.45, 2.75) is 105 Å². The number of unbranched alkanes of at least 4 members (excludes halogenated alkanes) is 1. The highest BCUT2D eigenvalue weighted by Crippen LogP contribution is 2.28. The fourth-order valence-corrected chi connectivity index (χ4v) is 4.12. The molecular weight excluding hydrogens is 294 g/mol. The maximum Gasteiger partial charge on any atom is 0.303 e. The summed E-state index contributed by atoms with van der Waals surface area (Å²) in [5.74, 6) is -2.01. The van der Waals surface area contributed by atoms with Crippen molar-refractivity contribution in [2.24, 2.45) is 0 Å². The zero-order valence-electron chi connectivity index (χ0n) is 16.3. The molecule has 0 atom stereocenters. The van der Waals surface area contributed by atoms with Crippen LogP contribution in [0, 0.1) is 0 Å².